The molecule has 0 aliphatic heterocycles. The van der Waals surface area contributed by atoms with Crippen LogP contribution in [0.3, 0.4) is 0 Å². The Morgan fingerprint density at radius 3 is 2.24 bits per heavy atom. The van der Waals surface area contributed by atoms with E-state index >= 15 is 0 Å². The number of rotatable bonds is 2. The Kier molecular flexibility index (Phi) is 4.03. The molecule has 0 atom stereocenters. The maximum atomic E-state index is 12.0. The van der Waals surface area contributed by atoms with Crippen LogP contribution in [0.2, 0.25) is 5.15 Å². The molecule has 0 aromatic carbocycles. The van der Waals surface area contributed by atoms with Gasteiger partial charge < -0.3 is 4.74 Å². The van der Waals surface area contributed by atoms with Crippen molar-refractivity contribution in [1.82, 2.24) is 4.98 Å². The first-order valence-corrected chi connectivity index (χ1v) is 4.93. The van der Waals surface area contributed by atoms with E-state index in [2.05, 4.69) is 9.72 Å². The first-order valence-electron chi connectivity index (χ1n) is 3.74. The number of alkyl halides is 6. The molecule has 17 heavy (non-hydrogen) atoms. The fourth-order valence-corrected chi connectivity index (χ4v) is 1.64. The Morgan fingerprint density at radius 1 is 1.18 bits per heavy atom. The van der Waals surface area contributed by atoms with E-state index in [1.807, 2.05) is 0 Å². The minimum Gasteiger partial charge on any atom is -0.403 e. The van der Waals surface area contributed by atoms with Crippen LogP contribution in [0.4, 0.5) is 26.3 Å². The second kappa shape index (κ2) is 4.81. The summed E-state index contributed by atoms with van der Waals surface area (Å²) in [5.74, 6) is -1.05. The molecule has 0 spiro atoms. The number of ether oxygens (including phenoxy) is 1. The van der Waals surface area contributed by atoms with Gasteiger partial charge in [-0.05, 0) is 17.8 Å². The highest BCUT2D eigenvalue weighted by molar-refractivity contribution is 8.00. The molecule has 0 amide bonds. The summed E-state index contributed by atoms with van der Waals surface area (Å²) < 4.78 is 75.2. The minimum atomic E-state index is -5.10. The monoisotopic (exact) mass is 297 g/mol. The number of nitrogens with zero attached hydrogens (tertiary/aromatic N) is 1. The first kappa shape index (κ1) is 14.2. The summed E-state index contributed by atoms with van der Waals surface area (Å²) in [6.45, 7) is 0. The predicted molar refractivity (Wildman–Crippen MR) is 47.8 cm³/mol. The first-order chi connectivity index (χ1) is 7.57. The molecule has 1 rings (SSSR count). The summed E-state index contributed by atoms with van der Waals surface area (Å²) in [5, 5.41) is -0.369. The van der Waals surface area contributed by atoms with Crippen molar-refractivity contribution in [2.24, 2.45) is 0 Å². The summed E-state index contributed by atoms with van der Waals surface area (Å²) in [6, 6.07) is 0.640. The molecule has 0 saturated heterocycles. The zero-order valence-electron chi connectivity index (χ0n) is 7.56. The van der Waals surface area contributed by atoms with E-state index in [9.17, 15) is 26.3 Å². The summed E-state index contributed by atoms with van der Waals surface area (Å²) in [5.41, 5.74) is -4.76. The summed E-state index contributed by atoms with van der Waals surface area (Å²) >= 11 is 4.52. The van der Waals surface area contributed by atoms with Gasteiger partial charge in [0.15, 0.2) is 5.75 Å². The average molecular weight is 298 g/mol. The van der Waals surface area contributed by atoms with Gasteiger partial charge in [0.25, 0.3) is 0 Å². The Hall–Kier alpha value is -0.830. The topological polar surface area (TPSA) is 22.1 Å². The maximum Gasteiger partial charge on any atom is 0.573 e. The fraction of sp³-hybridized carbons (Fsp3) is 0.286. The van der Waals surface area contributed by atoms with Crippen molar-refractivity contribution < 1.29 is 31.1 Å². The van der Waals surface area contributed by atoms with E-state index < -0.39 is 34.3 Å². The molecule has 0 N–H and O–H groups in total. The number of hydrogen-bond donors (Lipinski definition) is 0. The molecule has 0 unspecified atom stereocenters. The van der Waals surface area contributed by atoms with E-state index in [4.69, 9.17) is 11.6 Å². The van der Waals surface area contributed by atoms with Gasteiger partial charge >= 0.3 is 11.9 Å². The van der Waals surface area contributed by atoms with Crippen LogP contribution in [0.15, 0.2) is 17.2 Å². The quantitative estimate of drug-likeness (QED) is 0.463. The van der Waals surface area contributed by atoms with Crippen molar-refractivity contribution >= 4 is 23.4 Å². The molecule has 1 aromatic heterocycles. The zero-order valence-corrected chi connectivity index (χ0v) is 9.14. The fourth-order valence-electron chi connectivity index (χ4n) is 0.806. The third-order valence-electron chi connectivity index (χ3n) is 1.25. The van der Waals surface area contributed by atoms with Crippen molar-refractivity contribution in [2.45, 2.75) is 16.8 Å². The summed E-state index contributed by atoms with van der Waals surface area (Å²) in [7, 11) is 0. The van der Waals surface area contributed by atoms with E-state index in [-0.39, 0.29) is 5.15 Å². The second-order valence-electron chi connectivity index (χ2n) is 2.55. The lowest BCUT2D eigenvalue weighted by molar-refractivity contribution is -0.275. The molecule has 0 fully saturated rings. The van der Waals surface area contributed by atoms with Crippen molar-refractivity contribution in [1.29, 1.82) is 0 Å². The molecular formula is C7H2ClF6NOS. The van der Waals surface area contributed by atoms with Gasteiger partial charge in [0, 0.05) is 0 Å². The molecule has 96 valence electrons. The predicted octanol–water partition coefficient (Wildman–Crippen LogP) is 4.25. The highest BCUT2D eigenvalue weighted by Gasteiger charge is 2.36. The lowest BCUT2D eigenvalue weighted by Gasteiger charge is -2.13. The van der Waals surface area contributed by atoms with Crippen molar-refractivity contribution in [3.8, 4) is 5.75 Å². The van der Waals surface area contributed by atoms with Crippen LogP contribution in [0, 0.1) is 0 Å². The number of thioether (sulfide) groups is 1. The summed E-state index contributed by atoms with van der Waals surface area (Å²) in [6.07, 6.45) is -4.62. The van der Waals surface area contributed by atoms with E-state index in [0.717, 1.165) is 0 Å². The van der Waals surface area contributed by atoms with Crippen LogP contribution in [0.1, 0.15) is 0 Å². The van der Waals surface area contributed by atoms with Crippen LogP contribution in [-0.4, -0.2) is 16.9 Å². The SMILES string of the molecule is FC(F)(F)Oc1cnc(Cl)cc1SC(F)(F)F. The van der Waals surface area contributed by atoms with Gasteiger partial charge in [-0.3, -0.25) is 0 Å². The van der Waals surface area contributed by atoms with Crippen molar-refractivity contribution in [3.05, 3.63) is 17.4 Å². The number of aromatic nitrogens is 1. The van der Waals surface area contributed by atoms with Gasteiger partial charge in [0.2, 0.25) is 0 Å². The second-order valence-corrected chi connectivity index (χ2v) is 4.04. The average Bonchev–Trinajstić information content (AvgIpc) is 2.05. The molecule has 2 nitrogen and oxygen atoms in total. The van der Waals surface area contributed by atoms with Crippen LogP contribution < -0.4 is 4.74 Å². The minimum absolute atomic E-state index is 0.369. The molecule has 0 bridgehead atoms. The Morgan fingerprint density at radius 2 is 1.76 bits per heavy atom. The third kappa shape index (κ3) is 5.35. The molecule has 1 heterocycles. The number of hydrogen-bond acceptors (Lipinski definition) is 3. The van der Waals surface area contributed by atoms with Crippen molar-refractivity contribution in [2.75, 3.05) is 0 Å². The third-order valence-corrected chi connectivity index (χ3v) is 2.23. The smallest absolute Gasteiger partial charge is 0.403 e. The molecule has 0 aliphatic rings. The molecule has 0 aliphatic carbocycles. The van der Waals surface area contributed by atoms with Gasteiger partial charge in [-0.1, -0.05) is 11.6 Å². The zero-order chi connectivity index (χ0) is 13.3. The van der Waals surface area contributed by atoms with Crippen molar-refractivity contribution in [3.63, 3.8) is 0 Å². The molecule has 0 radical (unpaired) electrons. The number of pyridine rings is 1. The number of halogens is 7. The Labute approximate surface area is 99.9 Å². The van der Waals surface area contributed by atoms with Crippen LogP contribution in [-0.2, 0) is 0 Å². The van der Waals surface area contributed by atoms with Gasteiger partial charge in [-0.2, -0.15) is 13.2 Å². The molecular weight excluding hydrogens is 296 g/mol. The maximum absolute atomic E-state index is 12.0. The van der Waals surface area contributed by atoms with Gasteiger partial charge in [-0.25, -0.2) is 4.98 Å². The van der Waals surface area contributed by atoms with Crippen LogP contribution in [0.5, 0.6) is 5.75 Å². The van der Waals surface area contributed by atoms with Crippen LogP contribution in [0.25, 0.3) is 0 Å². The highest BCUT2D eigenvalue weighted by Crippen LogP contribution is 2.43. The normalized spacial score (nSPS) is 12.6. The van der Waals surface area contributed by atoms with Gasteiger partial charge in [-0.15, -0.1) is 13.2 Å². The van der Waals surface area contributed by atoms with E-state index in [1.165, 1.54) is 0 Å². The Bertz CT molecular complexity index is 406. The Balaban J connectivity index is 3.04. The summed E-state index contributed by atoms with van der Waals surface area (Å²) in [4.78, 5) is 2.40. The molecule has 0 saturated carbocycles. The highest BCUT2D eigenvalue weighted by atomic mass is 35.5. The largest absolute Gasteiger partial charge is 0.573 e. The van der Waals surface area contributed by atoms with Gasteiger partial charge in [0.1, 0.15) is 5.15 Å². The van der Waals surface area contributed by atoms with E-state index in [1.54, 1.807) is 0 Å². The van der Waals surface area contributed by atoms with E-state index in [0.29, 0.717) is 12.3 Å². The lowest BCUT2D eigenvalue weighted by Crippen LogP contribution is -2.18. The lowest BCUT2D eigenvalue weighted by atomic mass is 10.4. The van der Waals surface area contributed by atoms with Crippen LogP contribution >= 0.6 is 23.4 Å². The molecule has 10 heteroatoms. The van der Waals surface area contributed by atoms with Gasteiger partial charge in [0.05, 0.1) is 11.1 Å². The standard InChI is InChI=1S/C7H2ClF6NOS/c8-5-1-4(17-7(12,13)14)3(2-15-5)16-6(9,10)11/h1-2H. The molecule has 1 aromatic rings.